The van der Waals surface area contributed by atoms with Crippen LogP contribution < -0.4 is 4.72 Å². The standard InChI is InChI=1S/C18H24N2O2S/c1-14(16-8-7-15-5-3-4-6-17(15)13-16)20-11-9-18(10-12-20)19-23(2,21)22/h3-8,13-14,18-19H,9-12H2,1-2H3. The highest BCUT2D eigenvalue weighted by Gasteiger charge is 2.25. The molecule has 1 aliphatic rings. The number of rotatable bonds is 4. The minimum Gasteiger partial charge on any atom is -0.296 e. The lowest BCUT2D eigenvalue weighted by molar-refractivity contribution is 0.159. The molecular formula is C18H24N2O2S. The molecule has 1 unspecified atom stereocenters. The zero-order chi connectivity index (χ0) is 16.4. The number of sulfonamides is 1. The summed E-state index contributed by atoms with van der Waals surface area (Å²) in [5, 5.41) is 2.53. The van der Waals surface area contributed by atoms with Crippen LogP contribution in [0.15, 0.2) is 42.5 Å². The summed E-state index contributed by atoms with van der Waals surface area (Å²) < 4.78 is 25.4. The number of hydrogen-bond acceptors (Lipinski definition) is 3. The van der Waals surface area contributed by atoms with E-state index in [2.05, 4.69) is 59.0 Å². The summed E-state index contributed by atoms with van der Waals surface area (Å²) in [7, 11) is -3.11. The Morgan fingerprint density at radius 1 is 1.09 bits per heavy atom. The van der Waals surface area contributed by atoms with Crippen molar-refractivity contribution in [2.75, 3.05) is 19.3 Å². The molecule has 0 aromatic heterocycles. The predicted molar refractivity (Wildman–Crippen MR) is 94.9 cm³/mol. The van der Waals surface area contributed by atoms with Crippen molar-refractivity contribution in [1.82, 2.24) is 9.62 Å². The largest absolute Gasteiger partial charge is 0.296 e. The quantitative estimate of drug-likeness (QED) is 0.936. The molecule has 1 atom stereocenters. The van der Waals surface area contributed by atoms with Gasteiger partial charge in [0.05, 0.1) is 6.26 Å². The van der Waals surface area contributed by atoms with E-state index in [-0.39, 0.29) is 6.04 Å². The molecule has 1 saturated heterocycles. The molecule has 4 nitrogen and oxygen atoms in total. The van der Waals surface area contributed by atoms with Crippen LogP contribution in [0.5, 0.6) is 0 Å². The fraction of sp³-hybridized carbons (Fsp3) is 0.444. The molecule has 0 amide bonds. The topological polar surface area (TPSA) is 49.4 Å². The van der Waals surface area contributed by atoms with Crippen LogP contribution in [-0.4, -0.2) is 38.7 Å². The summed E-state index contributed by atoms with van der Waals surface area (Å²) in [6.07, 6.45) is 2.97. The molecule has 5 heteroatoms. The Hall–Kier alpha value is -1.43. The Labute approximate surface area is 138 Å². The minimum atomic E-state index is -3.11. The fourth-order valence-electron chi connectivity index (χ4n) is 3.39. The molecule has 0 bridgehead atoms. The molecule has 2 aromatic rings. The highest BCUT2D eigenvalue weighted by atomic mass is 32.2. The Bertz CT molecular complexity index is 780. The van der Waals surface area contributed by atoms with Crippen LogP contribution in [0.3, 0.4) is 0 Å². The van der Waals surface area contributed by atoms with Gasteiger partial charge in [0.2, 0.25) is 10.0 Å². The maximum atomic E-state index is 11.3. The summed E-state index contributed by atoms with van der Waals surface area (Å²) in [6, 6.07) is 15.5. The first kappa shape index (κ1) is 16.4. The van der Waals surface area contributed by atoms with Gasteiger partial charge in [-0.05, 0) is 42.2 Å². The molecular weight excluding hydrogens is 308 g/mol. The van der Waals surface area contributed by atoms with Crippen molar-refractivity contribution in [3.63, 3.8) is 0 Å². The minimum absolute atomic E-state index is 0.0741. The summed E-state index contributed by atoms with van der Waals surface area (Å²) in [5.41, 5.74) is 1.32. The highest BCUT2D eigenvalue weighted by Crippen LogP contribution is 2.27. The van der Waals surface area contributed by atoms with Gasteiger partial charge in [-0.2, -0.15) is 0 Å². The van der Waals surface area contributed by atoms with E-state index in [0.717, 1.165) is 25.9 Å². The predicted octanol–water partition coefficient (Wildman–Crippen LogP) is 2.91. The maximum Gasteiger partial charge on any atom is 0.208 e. The molecule has 1 aliphatic heterocycles. The number of benzene rings is 2. The molecule has 1 heterocycles. The number of nitrogens with one attached hydrogen (secondary N) is 1. The zero-order valence-electron chi connectivity index (χ0n) is 13.7. The Balaban J connectivity index is 1.67. The fourth-order valence-corrected chi connectivity index (χ4v) is 4.23. The van der Waals surface area contributed by atoms with Crippen LogP contribution in [-0.2, 0) is 10.0 Å². The highest BCUT2D eigenvalue weighted by molar-refractivity contribution is 7.88. The Morgan fingerprint density at radius 2 is 1.74 bits per heavy atom. The van der Waals surface area contributed by atoms with Gasteiger partial charge >= 0.3 is 0 Å². The number of fused-ring (bicyclic) bond motifs is 1. The Kier molecular flexibility index (Phi) is 4.71. The van der Waals surface area contributed by atoms with E-state index in [0.29, 0.717) is 6.04 Å². The second-order valence-corrected chi connectivity index (χ2v) is 8.26. The van der Waals surface area contributed by atoms with Gasteiger partial charge in [0, 0.05) is 25.2 Å². The van der Waals surface area contributed by atoms with E-state index in [1.165, 1.54) is 22.6 Å². The summed E-state index contributed by atoms with van der Waals surface area (Å²) in [5.74, 6) is 0. The zero-order valence-corrected chi connectivity index (χ0v) is 14.5. The van der Waals surface area contributed by atoms with Crippen LogP contribution in [0.4, 0.5) is 0 Å². The second-order valence-electron chi connectivity index (χ2n) is 6.48. The summed E-state index contributed by atoms with van der Waals surface area (Å²) in [4.78, 5) is 2.44. The molecule has 0 radical (unpaired) electrons. The van der Waals surface area contributed by atoms with E-state index in [1.807, 2.05) is 0 Å². The normalized spacial score (nSPS) is 19.0. The van der Waals surface area contributed by atoms with E-state index in [9.17, 15) is 8.42 Å². The molecule has 1 N–H and O–H groups in total. The van der Waals surface area contributed by atoms with Gasteiger partial charge in [-0.1, -0.05) is 36.4 Å². The van der Waals surface area contributed by atoms with Crippen molar-refractivity contribution in [1.29, 1.82) is 0 Å². The SMILES string of the molecule is CC(c1ccc2ccccc2c1)N1CCC(NS(C)(=O)=O)CC1. The first-order valence-corrected chi connectivity index (χ1v) is 10.0. The monoisotopic (exact) mass is 332 g/mol. The summed E-state index contributed by atoms with van der Waals surface area (Å²) in [6.45, 7) is 4.07. The average Bonchev–Trinajstić information content (AvgIpc) is 2.53. The summed E-state index contributed by atoms with van der Waals surface area (Å²) >= 11 is 0. The third-order valence-corrected chi connectivity index (χ3v) is 5.48. The van der Waals surface area contributed by atoms with Gasteiger partial charge in [0.1, 0.15) is 0 Å². The van der Waals surface area contributed by atoms with E-state index in [1.54, 1.807) is 0 Å². The van der Waals surface area contributed by atoms with Crippen molar-refractivity contribution >= 4 is 20.8 Å². The maximum absolute atomic E-state index is 11.3. The third kappa shape index (κ3) is 4.10. The van der Waals surface area contributed by atoms with Crippen LogP contribution in [0.2, 0.25) is 0 Å². The molecule has 2 aromatic carbocycles. The van der Waals surface area contributed by atoms with Crippen LogP contribution in [0.1, 0.15) is 31.4 Å². The van der Waals surface area contributed by atoms with E-state index < -0.39 is 10.0 Å². The molecule has 0 aliphatic carbocycles. The molecule has 23 heavy (non-hydrogen) atoms. The first-order chi connectivity index (χ1) is 10.9. The molecule has 0 spiro atoms. The van der Waals surface area contributed by atoms with Crippen molar-refractivity contribution in [3.8, 4) is 0 Å². The van der Waals surface area contributed by atoms with Gasteiger partial charge in [-0.3, -0.25) is 4.90 Å². The van der Waals surface area contributed by atoms with Gasteiger partial charge < -0.3 is 0 Å². The Morgan fingerprint density at radius 3 is 2.39 bits per heavy atom. The van der Waals surface area contributed by atoms with Crippen LogP contribution in [0.25, 0.3) is 10.8 Å². The van der Waals surface area contributed by atoms with Crippen molar-refractivity contribution in [2.24, 2.45) is 0 Å². The second kappa shape index (κ2) is 6.59. The number of likely N-dealkylation sites (tertiary alicyclic amines) is 1. The smallest absolute Gasteiger partial charge is 0.208 e. The molecule has 124 valence electrons. The van der Waals surface area contributed by atoms with Gasteiger partial charge in [0.15, 0.2) is 0 Å². The van der Waals surface area contributed by atoms with Gasteiger partial charge in [-0.25, -0.2) is 13.1 Å². The van der Waals surface area contributed by atoms with Crippen molar-refractivity contribution in [3.05, 3.63) is 48.0 Å². The molecule has 0 saturated carbocycles. The number of hydrogen-bond donors (Lipinski definition) is 1. The lowest BCUT2D eigenvalue weighted by Gasteiger charge is -2.36. The number of nitrogens with zero attached hydrogens (tertiary/aromatic N) is 1. The van der Waals surface area contributed by atoms with Gasteiger partial charge in [-0.15, -0.1) is 0 Å². The molecule has 1 fully saturated rings. The van der Waals surface area contributed by atoms with Crippen LogP contribution in [0, 0.1) is 0 Å². The number of piperidine rings is 1. The van der Waals surface area contributed by atoms with Crippen molar-refractivity contribution < 1.29 is 8.42 Å². The average molecular weight is 332 g/mol. The van der Waals surface area contributed by atoms with Crippen LogP contribution >= 0.6 is 0 Å². The molecule has 3 rings (SSSR count). The lowest BCUT2D eigenvalue weighted by atomic mass is 9.98. The van der Waals surface area contributed by atoms with Gasteiger partial charge in [0.25, 0.3) is 0 Å². The van der Waals surface area contributed by atoms with Crippen molar-refractivity contribution in [2.45, 2.75) is 31.8 Å². The van der Waals surface area contributed by atoms with E-state index in [4.69, 9.17) is 0 Å². The first-order valence-electron chi connectivity index (χ1n) is 8.12. The lowest BCUT2D eigenvalue weighted by Crippen LogP contribution is -2.44. The van der Waals surface area contributed by atoms with E-state index >= 15 is 0 Å². The third-order valence-electron chi connectivity index (χ3n) is 4.71.